The van der Waals surface area contributed by atoms with Crippen molar-refractivity contribution in [2.75, 3.05) is 19.6 Å². The zero-order chi connectivity index (χ0) is 28.2. The highest BCUT2D eigenvalue weighted by Crippen LogP contribution is 2.37. The maximum absolute atomic E-state index is 13.8. The largest absolute Gasteiger partial charge is 0.481 e. The lowest BCUT2D eigenvalue weighted by Crippen LogP contribution is -2.45. The number of rotatable bonds is 9. The van der Waals surface area contributed by atoms with Crippen molar-refractivity contribution >= 4 is 11.9 Å². The maximum Gasteiger partial charge on any atom is 0.417 e. The summed E-state index contributed by atoms with van der Waals surface area (Å²) in [5, 5.41) is 16.0. The molecule has 1 saturated heterocycles. The van der Waals surface area contributed by atoms with Gasteiger partial charge in [-0.25, -0.2) is 18.7 Å². The molecule has 208 valence electrons. The summed E-state index contributed by atoms with van der Waals surface area (Å²) in [6.45, 7) is 0.0985. The van der Waals surface area contributed by atoms with Gasteiger partial charge in [0.15, 0.2) is 5.69 Å². The average Bonchev–Trinajstić information content (AvgIpc) is 3.32. The summed E-state index contributed by atoms with van der Waals surface area (Å²) in [5.41, 5.74) is -1.63. The van der Waals surface area contributed by atoms with E-state index in [2.05, 4.69) is 20.4 Å². The summed E-state index contributed by atoms with van der Waals surface area (Å²) in [7, 11) is 0. The Bertz CT molecular complexity index is 1320. The minimum Gasteiger partial charge on any atom is -0.481 e. The molecule has 0 radical (unpaired) electrons. The van der Waals surface area contributed by atoms with E-state index in [1.54, 1.807) is 0 Å². The molecule has 1 atom stereocenters. The van der Waals surface area contributed by atoms with E-state index in [-0.39, 0.29) is 42.3 Å². The fourth-order valence-electron chi connectivity index (χ4n) is 4.46. The summed E-state index contributed by atoms with van der Waals surface area (Å²) in [5.74, 6) is -4.98. The van der Waals surface area contributed by atoms with Crippen LogP contribution in [0.2, 0.25) is 0 Å². The number of carbonyl (C=O) groups excluding carboxylic acids is 1. The number of likely N-dealkylation sites (tertiary alicyclic amines) is 1. The van der Waals surface area contributed by atoms with E-state index >= 15 is 0 Å². The van der Waals surface area contributed by atoms with Gasteiger partial charge in [-0.2, -0.15) is 23.0 Å². The molecule has 4 rings (SSSR count). The van der Waals surface area contributed by atoms with Gasteiger partial charge in [0.2, 0.25) is 0 Å². The molecule has 1 fully saturated rings. The number of hydrogen-bond donors (Lipinski definition) is 2. The smallest absolute Gasteiger partial charge is 0.417 e. The number of carboxylic acid groups (broad SMARTS) is 1. The van der Waals surface area contributed by atoms with Crippen LogP contribution in [0.1, 0.15) is 41.7 Å². The van der Waals surface area contributed by atoms with Gasteiger partial charge in [0.25, 0.3) is 17.8 Å². The number of carbonyl (C=O) groups is 2. The van der Waals surface area contributed by atoms with Crippen LogP contribution in [-0.4, -0.2) is 73.2 Å². The number of piperidine rings is 1. The summed E-state index contributed by atoms with van der Waals surface area (Å²) in [6, 6.07) is 6.45. The highest BCUT2D eigenvalue weighted by atomic mass is 19.4. The Morgan fingerprint density at radius 2 is 1.85 bits per heavy atom. The van der Waals surface area contributed by atoms with Crippen molar-refractivity contribution in [2.45, 2.75) is 43.8 Å². The number of aromatic nitrogens is 4. The van der Waals surface area contributed by atoms with Gasteiger partial charge in [-0.3, -0.25) is 14.5 Å². The maximum atomic E-state index is 13.8. The standard InChI is InChI=1S/C25H25F5N6O3/c26-24(27)8-3-11-35(15-24)12-7-16(13-21(37)38)33-22(39)19-14-20(36(34-19)23-31-9-4-10-32-23)17-5-1-2-6-18(17)25(28,29)30/h1-2,4-6,9-10,14,16H,3,7-8,11-13,15H2,(H,33,39)(H,37,38). The van der Waals surface area contributed by atoms with Crippen LogP contribution in [0.15, 0.2) is 48.8 Å². The number of nitrogens with one attached hydrogen (secondary N) is 1. The van der Waals surface area contributed by atoms with E-state index in [0.29, 0.717) is 13.0 Å². The molecule has 9 nitrogen and oxygen atoms in total. The summed E-state index contributed by atoms with van der Waals surface area (Å²) in [6.07, 6.45) is -2.32. The highest BCUT2D eigenvalue weighted by Gasteiger charge is 2.36. The fourth-order valence-corrected chi connectivity index (χ4v) is 4.46. The van der Waals surface area contributed by atoms with Crippen LogP contribution in [0, 0.1) is 0 Å². The van der Waals surface area contributed by atoms with E-state index < -0.39 is 48.5 Å². The first-order valence-electron chi connectivity index (χ1n) is 12.1. The molecule has 0 bridgehead atoms. The molecule has 0 spiro atoms. The van der Waals surface area contributed by atoms with Crippen molar-refractivity contribution in [3.8, 4) is 17.2 Å². The third kappa shape index (κ3) is 7.13. The van der Waals surface area contributed by atoms with Gasteiger partial charge in [-0.15, -0.1) is 0 Å². The number of benzene rings is 1. The Hall–Kier alpha value is -3.94. The molecule has 1 aliphatic heterocycles. The van der Waals surface area contributed by atoms with E-state index in [1.165, 1.54) is 41.6 Å². The quantitative estimate of drug-likeness (QED) is 0.385. The second-order valence-corrected chi connectivity index (χ2v) is 9.21. The third-order valence-electron chi connectivity index (χ3n) is 6.21. The van der Waals surface area contributed by atoms with Crippen molar-refractivity contribution in [3.63, 3.8) is 0 Å². The normalized spacial score (nSPS) is 16.5. The molecule has 39 heavy (non-hydrogen) atoms. The minimum atomic E-state index is -4.70. The Kier molecular flexibility index (Phi) is 8.23. The van der Waals surface area contributed by atoms with E-state index in [4.69, 9.17) is 0 Å². The Labute approximate surface area is 219 Å². The molecular formula is C25H25F5N6O3. The van der Waals surface area contributed by atoms with E-state index in [0.717, 1.165) is 16.8 Å². The van der Waals surface area contributed by atoms with Crippen molar-refractivity contribution < 1.29 is 36.6 Å². The molecule has 2 N–H and O–H groups in total. The summed E-state index contributed by atoms with van der Waals surface area (Å²) in [4.78, 5) is 34.1. The van der Waals surface area contributed by atoms with Gasteiger partial charge in [-0.1, -0.05) is 18.2 Å². The number of hydrogen-bond acceptors (Lipinski definition) is 6. The van der Waals surface area contributed by atoms with Crippen LogP contribution >= 0.6 is 0 Å². The van der Waals surface area contributed by atoms with Gasteiger partial charge in [0.05, 0.1) is 24.2 Å². The zero-order valence-electron chi connectivity index (χ0n) is 20.5. The predicted octanol–water partition coefficient (Wildman–Crippen LogP) is 4.04. The second-order valence-electron chi connectivity index (χ2n) is 9.21. The number of amides is 1. The number of carboxylic acids is 1. The first-order chi connectivity index (χ1) is 18.4. The lowest BCUT2D eigenvalue weighted by atomic mass is 10.0. The first kappa shape index (κ1) is 28.1. The SMILES string of the molecule is O=C(O)CC(CCN1CCCC(F)(F)C1)NC(=O)c1cc(-c2ccccc2C(F)(F)F)n(-c2ncccn2)n1. The van der Waals surface area contributed by atoms with E-state index in [9.17, 15) is 36.6 Å². The molecule has 1 aliphatic rings. The van der Waals surface area contributed by atoms with E-state index in [1.807, 2.05) is 0 Å². The third-order valence-corrected chi connectivity index (χ3v) is 6.21. The van der Waals surface area contributed by atoms with Crippen LogP contribution in [0.4, 0.5) is 22.0 Å². The number of nitrogens with zero attached hydrogens (tertiary/aromatic N) is 5. The number of halogens is 5. The zero-order valence-corrected chi connectivity index (χ0v) is 20.5. The second kappa shape index (κ2) is 11.4. The van der Waals surface area contributed by atoms with Crippen molar-refractivity contribution in [2.24, 2.45) is 0 Å². The lowest BCUT2D eigenvalue weighted by molar-refractivity contribution is -0.138. The first-order valence-corrected chi connectivity index (χ1v) is 12.1. The molecule has 0 saturated carbocycles. The minimum absolute atomic E-state index is 0.0698. The number of aliphatic carboxylic acids is 1. The Morgan fingerprint density at radius 1 is 1.13 bits per heavy atom. The van der Waals surface area contributed by atoms with Gasteiger partial charge < -0.3 is 10.4 Å². The predicted molar refractivity (Wildman–Crippen MR) is 128 cm³/mol. The van der Waals surface area contributed by atoms with Gasteiger partial charge in [0, 0.05) is 37.0 Å². The Balaban J connectivity index is 1.62. The van der Waals surface area contributed by atoms with Crippen molar-refractivity contribution in [1.82, 2.24) is 30.0 Å². The topological polar surface area (TPSA) is 113 Å². The fraction of sp³-hybridized carbons (Fsp3) is 0.400. The molecule has 2 aromatic heterocycles. The molecule has 14 heteroatoms. The monoisotopic (exact) mass is 552 g/mol. The van der Waals surface area contributed by atoms with Crippen LogP contribution in [0.3, 0.4) is 0 Å². The van der Waals surface area contributed by atoms with Crippen molar-refractivity contribution in [1.29, 1.82) is 0 Å². The molecule has 1 unspecified atom stereocenters. The summed E-state index contributed by atoms with van der Waals surface area (Å²) >= 11 is 0. The molecule has 0 aliphatic carbocycles. The highest BCUT2D eigenvalue weighted by molar-refractivity contribution is 5.94. The average molecular weight is 553 g/mol. The van der Waals surface area contributed by atoms with Crippen LogP contribution in [0.5, 0.6) is 0 Å². The molecular weight excluding hydrogens is 527 g/mol. The van der Waals surface area contributed by atoms with Crippen LogP contribution in [0.25, 0.3) is 17.2 Å². The molecule has 1 amide bonds. The lowest BCUT2D eigenvalue weighted by Gasteiger charge is -2.33. The number of alkyl halides is 5. The molecule has 3 heterocycles. The molecule has 1 aromatic carbocycles. The van der Waals surface area contributed by atoms with Gasteiger partial charge in [-0.05, 0) is 37.6 Å². The molecule has 3 aromatic rings. The van der Waals surface area contributed by atoms with Gasteiger partial charge in [0.1, 0.15) is 0 Å². The Morgan fingerprint density at radius 3 is 2.51 bits per heavy atom. The van der Waals surface area contributed by atoms with Gasteiger partial charge >= 0.3 is 12.1 Å². The van der Waals surface area contributed by atoms with Crippen LogP contribution < -0.4 is 5.32 Å². The van der Waals surface area contributed by atoms with Crippen LogP contribution in [-0.2, 0) is 11.0 Å². The van der Waals surface area contributed by atoms with Crippen molar-refractivity contribution in [3.05, 3.63) is 60.0 Å². The summed E-state index contributed by atoms with van der Waals surface area (Å²) < 4.78 is 69.8.